The monoisotopic (exact) mass is 500 g/mol. The van der Waals surface area contributed by atoms with Crippen molar-refractivity contribution in [2.24, 2.45) is 17.0 Å². The zero-order chi connectivity index (χ0) is 24.1. The number of nitrogens with zero attached hydrogens (tertiary/aromatic N) is 3. The van der Waals surface area contributed by atoms with Gasteiger partial charge in [-0.25, -0.2) is 14.6 Å². The minimum absolute atomic E-state index is 0.00641. The molecule has 0 saturated carbocycles. The Hall–Kier alpha value is -3.40. The van der Waals surface area contributed by atoms with E-state index in [0.717, 1.165) is 16.2 Å². The SMILES string of the molecule is Nc1nc(/C(=N/OCC(=O)O)C(=O)C[C@@H]2C(=O)N3[C@@H]2[S@@](=O)C[C@@H]2CC(=O)O[C@@]23C(=O)O)cs1. The maximum atomic E-state index is 12.9. The third kappa shape index (κ3) is 3.64. The number of aliphatic carboxylic acids is 2. The number of amides is 1. The van der Waals surface area contributed by atoms with Crippen molar-refractivity contribution >= 4 is 62.6 Å². The first kappa shape index (κ1) is 22.8. The summed E-state index contributed by atoms with van der Waals surface area (Å²) in [6.45, 7) is -0.840. The van der Waals surface area contributed by atoms with Crippen LogP contribution < -0.4 is 5.73 Å². The van der Waals surface area contributed by atoms with Gasteiger partial charge in [0.1, 0.15) is 11.1 Å². The zero-order valence-electron chi connectivity index (χ0n) is 16.5. The molecule has 3 aliphatic rings. The van der Waals surface area contributed by atoms with Gasteiger partial charge >= 0.3 is 17.9 Å². The average molecular weight is 500 g/mol. The summed E-state index contributed by atoms with van der Waals surface area (Å²) in [5.41, 5.74) is 2.92. The fourth-order valence-electron chi connectivity index (χ4n) is 4.12. The van der Waals surface area contributed by atoms with Crippen molar-refractivity contribution in [3.05, 3.63) is 11.1 Å². The molecule has 33 heavy (non-hydrogen) atoms. The summed E-state index contributed by atoms with van der Waals surface area (Å²) in [5, 5.41) is 22.3. The molecule has 1 aromatic rings. The van der Waals surface area contributed by atoms with E-state index in [1.807, 2.05) is 0 Å². The average Bonchev–Trinajstić information content (AvgIpc) is 3.30. The molecule has 176 valence electrons. The number of hydrogen-bond acceptors (Lipinski definition) is 12. The fraction of sp³-hybridized carbons (Fsp3) is 0.471. The van der Waals surface area contributed by atoms with E-state index in [1.165, 1.54) is 5.38 Å². The van der Waals surface area contributed by atoms with Crippen molar-refractivity contribution in [3.8, 4) is 0 Å². The van der Waals surface area contributed by atoms with Gasteiger partial charge in [-0.3, -0.25) is 23.5 Å². The van der Waals surface area contributed by atoms with Gasteiger partial charge in [0.2, 0.25) is 12.5 Å². The highest BCUT2D eigenvalue weighted by Gasteiger charge is 2.72. The third-order valence-electron chi connectivity index (χ3n) is 5.47. The molecule has 0 aliphatic carbocycles. The lowest BCUT2D eigenvalue weighted by atomic mass is 9.84. The smallest absolute Gasteiger partial charge is 0.370 e. The number of thiazole rings is 1. The summed E-state index contributed by atoms with van der Waals surface area (Å²) in [6.07, 6.45) is -0.826. The second kappa shape index (κ2) is 8.18. The molecule has 0 aromatic carbocycles. The molecule has 4 rings (SSSR count). The molecular formula is C17H16N4O10S2. The van der Waals surface area contributed by atoms with Crippen molar-refractivity contribution < 1.29 is 48.0 Å². The predicted molar refractivity (Wildman–Crippen MR) is 108 cm³/mol. The number of β-lactam (4-membered cyclic amide) rings is 1. The summed E-state index contributed by atoms with van der Waals surface area (Å²) in [7, 11) is -1.75. The van der Waals surface area contributed by atoms with E-state index < -0.39 is 82.1 Å². The highest BCUT2D eigenvalue weighted by atomic mass is 32.2. The number of oxime groups is 1. The molecule has 0 bridgehead atoms. The number of esters is 1. The van der Waals surface area contributed by atoms with Crippen molar-refractivity contribution in [2.75, 3.05) is 18.1 Å². The number of carboxylic acid groups (broad SMARTS) is 2. The number of carboxylic acids is 2. The number of hydrogen-bond donors (Lipinski definition) is 3. The van der Waals surface area contributed by atoms with E-state index in [0.29, 0.717) is 0 Å². The zero-order valence-corrected chi connectivity index (χ0v) is 18.2. The van der Waals surface area contributed by atoms with E-state index in [4.69, 9.17) is 15.6 Å². The summed E-state index contributed by atoms with van der Waals surface area (Å²) < 4.78 is 17.8. The van der Waals surface area contributed by atoms with Crippen LogP contribution in [0.4, 0.5) is 5.13 Å². The van der Waals surface area contributed by atoms with Crippen molar-refractivity contribution in [2.45, 2.75) is 23.9 Å². The first-order chi connectivity index (χ1) is 15.6. The van der Waals surface area contributed by atoms with E-state index >= 15 is 0 Å². The maximum Gasteiger partial charge on any atom is 0.370 e. The normalized spacial score (nSPS) is 30.7. The van der Waals surface area contributed by atoms with Crippen LogP contribution in [0.1, 0.15) is 18.5 Å². The molecule has 0 spiro atoms. The van der Waals surface area contributed by atoms with Crippen molar-refractivity contribution in [1.29, 1.82) is 0 Å². The summed E-state index contributed by atoms with van der Waals surface area (Å²) in [4.78, 5) is 69.7. The highest BCUT2D eigenvalue weighted by molar-refractivity contribution is 7.85. The molecule has 3 aliphatic heterocycles. The lowest BCUT2D eigenvalue weighted by Gasteiger charge is -2.56. The Labute approximate surface area is 190 Å². The molecule has 16 heteroatoms. The van der Waals surface area contributed by atoms with Crippen LogP contribution in [0.15, 0.2) is 10.5 Å². The van der Waals surface area contributed by atoms with Crippen molar-refractivity contribution in [3.63, 3.8) is 0 Å². The molecular weight excluding hydrogens is 484 g/mol. The van der Waals surface area contributed by atoms with Gasteiger partial charge in [-0.1, -0.05) is 5.16 Å². The van der Waals surface area contributed by atoms with Gasteiger partial charge in [-0.05, 0) is 0 Å². The first-order valence-corrected chi connectivity index (χ1v) is 11.6. The predicted octanol–water partition coefficient (Wildman–Crippen LogP) is -1.62. The molecule has 1 aromatic heterocycles. The molecule has 4 N–H and O–H groups in total. The van der Waals surface area contributed by atoms with Crippen LogP contribution >= 0.6 is 11.3 Å². The minimum Gasteiger partial charge on any atom is -0.479 e. The van der Waals surface area contributed by atoms with Gasteiger partial charge in [0, 0.05) is 28.4 Å². The second-order valence-electron chi connectivity index (χ2n) is 7.43. The van der Waals surface area contributed by atoms with Gasteiger partial charge in [0.25, 0.3) is 5.72 Å². The minimum atomic E-state index is -2.25. The second-order valence-corrected chi connectivity index (χ2v) is 9.90. The molecule has 3 saturated heterocycles. The Morgan fingerprint density at radius 1 is 1.39 bits per heavy atom. The number of anilines is 1. The number of rotatable bonds is 8. The van der Waals surface area contributed by atoms with Crippen LogP contribution in [0, 0.1) is 11.8 Å². The number of Topliss-reactive ketones (excluding diaryl/α,β-unsaturated/α-hetero) is 1. The lowest BCUT2D eigenvalue weighted by molar-refractivity contribution is -0.220. The Bertz CT molecular complexity index is 1130. The van der Waals surface area contributed by atoms with E-state index in [1.54, 1.807) is 0 Å². The number of nitrogen functional groups attached to an aromatic ring is 1. The number of ether oxygens (including phenoxy) is 1. The molecule has 3 fully saturated rings. The molecule has 1 amide bonds. The third-order valence-corrected chi connectivity index (χ3v) is 7.95. The molecule has 14 nitrogen and oxygen atoms in total. The Morgan fingerprint density at radius 3 is 2.73 bits per heavy atom. The van der Waals surface area contributed by atoms with E-state index in [9.17, 15) is 33.3 Å². The highest BCUT2D eigenvalue weighted by Crippen LogP contribution is 2.50. The summed E-state index contributed by atoms with van der Waals surface area (Å²) in [6, 6.07) is 0. The van der Waals surface area contributed by atoms with Gasteiger partial charge in [0.05, 0.1) is 18.3 Å². The largest absolute Gasteiger partial charge is 0.479 e. The fourth-order valence-corrected chi connectivity index (χ4v) is 6.68. The maximum absolute atomic E-state index is 12.9. The van der Waals surface area contributed by atoms with Crippen LogP contribution in [0.3, 0.4) is 0 Å². The van der Waals surface area contributed by atoms with Gasteiger partial charge in [-0.15, -0.1) is 11.3 Å². The van der Waals surface area contributed by atoms with Crippen molar-refractivity contribution in [1.82, 2.24) is 9.88 Å². The number of ketones is 1. The molecule has 5 atom stereocenters. The summed E-state index contributed by atoms with van der Waals surface area (Å²) in [5.74, 6) is -7.65. The molecule has 0 radical (unpaired) electrons. The molecule has 4 heterocycles. The number of fused-ring (bicyclic) bond motifs is 3. The van der Waals surface area contributed by atoms with Gasteiger partial charge in [0.15, 0.2) is 16.6 Å². The number of nitrogens with two attached hydrogens (primary N) is 1. The van der Waals surface area contributed by atoms with Crippen LogP contribution in [0.25, 0.3) is 0 Å². The summed E-state index contributed by atoms with van der Waals surface area (Å²) >= 11 is 0.985. The number of carbonyl (C=O) groups is 5. The van der Waals surface area contributed by atoms with E-state index in [2.05, 4.69) is 15.0 Å². The molecule has 0 unspecified atom stereocenters. The number of aromatic nitrogens is 1. The topological polar surface area (TPSA) is 216 Å². The standard InChI is InChI=1S/C17H16N4O10S2/c18-16-19-8(4-32-16)12(20-30-3-10(23)24)9(22)2-7-13(26)21-14(7)33(29)5-6-1-11(25)31-17(6,21)15(27)28/h4,6-7,14H,1-3,5H2,(H2,18,19)(H,23,24)(H,27,28)/b20-12-/t6-,7+,14+,17+,33-/m0/s1. The van der Waals surface area contributed by atoms with Gasteiger partial charge < -0.3 is 25.5 Å². The Morgan fingerprint density at radius 2 is 2.12 bits per heavy atom. The van der Waals surface area contributed by atoms with Crippen LogP contribution in [-0.4, -0.2) is 83.1 Å². The van der Waals surface area contributed by atoms with Crippen LogP contribution in [0.5, 0.6) is 0 Å². The Kier molecular flexibility index (Phi) is 5.65. The van der Waals surface area contributed by atoms with E-state index in [-0.39, 0.29) is 23.0 Å². The Balaban J connectivity index is 1.59. The quantitative estimate of drug-likeness (QED) is 0.159. The van der Waals surface area contributed by atoms with Crippen LogP contribution in [-0.2, 0) is 44.3 Å². The van der Waals surface area contributed by atoms with Crippen LogP contribution in [0.2, 0.25) is 0 Å². The van der Waals surface area contributed by atoms with Gasteiger partial charge in [-0.2, -0.15) is 0 Å². The lowest BCUT2D eigenvalue weighted by Crippen LogP contribution is -2.78. The first-order valence-electron chi connectivity index (χ1n) is 9.38. The number of carbonyl (C=O) groups excluding carboxylic acids is 3.